The van der Waals surface area contributed by atoms with Crippen LogP contribution in [0.1, 0.15) is 23.0 Å². The Hall–Kier alpha value is -2.64. The van der Waals surface area contributed by atoms with Crippen LogP contribution in [-0.2, 0) is 5.60 Å². The van der Waals surface area contributed by atoms with Gasteiger partial charge in [-0.15, -0.1) is 0 Å². The molecule has 0 radical (unpaired) electrons. The molecule has 1 unspecified atom stereocenters. The van der Waals surface area contributed by atoms with Gasteiger partial charge in [-0.3, -0.25) is 4.79 Å². The lowest BCUT2D eigenvalue weighted by Gasteiger charge is -2.22. The van der Waals surface area contributed by atoms with Crippen molar-refractivity contribution in [2.45, 2.75) is 12.5 Å². The molecule has 0 aliphatic carbocycles. The monoisotopic (exact) mass is 343 g/mol. The van der Waals surface area contributed by atoms with E-state index in [9.17, 15) is 15.0 Å². The number of amides is 1. The Morgan fingerprint density at radius 1 is 1.33 bits per heavy atom. The largest absolute Gasteiger partial charge is 0.504 e. The topological polar surface area (TPSA) is 87.4 Å². The zero-order chi connectivity index (χ0) is 17.2. The lowest BCUT2D eigenvalue weighted by Crippen LogP contribution is -2.38. The molecule has 1 atom stereocenters. The smallest absolute Gasteiger partial charge is 0.275 e. The summed E-state index contributed by atoms with van der Waals surface area (Å²) in [6.07, 6.45) is 1.38. The number of nitrogens with zero attached hydrogens (tertiary/aromatic N) is 2. The van der Waals surface area contributed by atoms with E-state index >= 15 is 0 Å². The van der Waals surface area contributed by atoms with E-state index in [2.05, 4.69) is 10.4 Å². The third kappa shape index (κ3) is 3.32. The number of hydrogen-bond donors (Lipinski definition) is 3. The Kier molecular flexibility index (Phi) is 4.37. The number of aromatic hydroxyl groups is 1. The number of aliphatic hydroxyl groups is 1. The number of carbonyl (C=O) groups is 1. The van der Waals surface area contributed by atoms with Crippen LogP contribution in [0.3, 0.4) is 0 Å². The number of thiophene rings is 1. The SMILES string of the molecule is CC(O)(CNC(=O)c1nn(-c2ccccc2)cc1O)c1ccsc1. The third-order valence-electron chi connectivity index (χ3n) is 3.67. The molecule has 1 aromatic carbocycles. The van der Waals surface area contributed by atoms with Gasteiger partial charge in [0.25, 0.3) is 5.91 Å². The molecule has 2 aromatic heterocycles. The van der Waals surface area contributed by atoms with Crippen molar-refractivity contribution in [1.82, 2.24) is 15.1 Å². The Bertz CT molecular complexity index is 826. The van der Waals surface area contributed by atoms with Gasteiger partial charge in [-0.1, -0.05) is 18.2 Å². The van der Waals surface area contributed by atoms with E-state index in [1.165, 1.54) is 22.2 Å². The second-order valence-electron chi connectivity index (χ2n) is 5.61. The molecule has 1 amide bonds. The fourth-order valence-corrected chi connectivity index (χ4v) is 3.03. The number of aromatic nitrogens is 2. The van der Waals surface area contributed by atoms with Crippen LogP contribution in [0.15, 0.2) is 53.4 Å². The summed E-state index contributed by atoms with van der Waals surface area (Å²) >= 11 is 1.47. The van der Waals surface area contributed by atoms with Crippen molar-refractivity contribution in [3.63, 3.8) is 0 Å². The van der Waals surface area contributed by atoms with Gasteiger partial charge in [0, 0.05) is 0 Å². The van der Waals surface area contributed by atoms with Crippen LogP contribution in [0.25, 0.3) is 5.69 Å². The molecular formula is C17H17N3O3S. The molecule has 0 aliphatic rings. The first kappa shape index (κ1) is 16.2. The molecule has 0 saturated carbocycles. The second kappa shape index (κ2) is 6.46. The minimum absolute atomic E-state index is 0.0141. The molecule has 0 bridgehead atoms. The normalized spacial score (nSPS) is 13.4. The Morgan fingerprint density at radius 3 is 2.75 bits per heavy atom. The van der Waals surface area contributed by atoms with Crippen molar-refractivity contribution in [2.75, 3.05) is 6.54 Å². The zero-order valence-corrected chi connectivity index (χ0v) is 13.8. The molecule has 24 heavy (non-hydrogen) atoms. The average molecular weight is 343 g/mol. The summed E-state index contributed by atoms with van der Waals surface area (Å²) in [4.78, 5) is 12.3. The molecule has 0 aliphatic heterocycles. The van der Waals surface area contributed by atoms with Crippen LogP contribution in [0.2, 0.25) is 0 Å². The van der Waals surface area contributed by atoms with Crippen molar-refractivity contribution in [3.8, 4) is 11.4 Å². The van der Waals surface area contributed by atoms with Crippen molar-refractivity contribution in [2.24, 2.45) is 0 Å². The summed E-state index contributed by atoms with van der Waals surface area (Å²) in [6.45, 7) is 1.64. The van der Waals surface area contributed by atoms with Crippen LogP contribution < -0.4 is 5.32 Å². The van der Waals surface area contributed by atoms with Gasteiger partial charge in [-0.25, -0.2) is 4.68 Å². The Morgan fingerprint density at radius 2 is 2.08 bits per heavy atom. The molecule has 2 heterocycles. The van der Waals surface area contributed by atoms with E-state index in [1.807, 2.05) is 41.1 Å². The van der Waals surface area contributed by atoms with Gasteiger partial charge in [-0.2, -0.15) is 16.4 Å². The van der Waals surface area contributed by atoms with Crippen LogP contribution in [-0.4, -0.2) is 32.4 Å². The summed E-state index contributed by atoms with van der Waals surface area (Å²) in [6, 6.07) is 11.0. The van der Waals surface area contributed by atoms with E-state index in [0.29, 0.717) is 0 Å². The lowest BCUT2D eigenvalue weighted by atomic mass is 9.99. The van der Waals surface area contributed by atoms with Gasteiger partial charge in [0.2, 0.25) is 0 Å². The standard InChI is InChI=1S/C17H17N3O3S/c1-17(23,12-7-8-24-10-12)11-18-16(22)15-14(21)9-20(19-15)13-5-3-2-4-6-13/h2-10,21,23H,11H2,1H3,(H,18,22). The molecule has 6 nitrogen and oxygen atoms in total. The molecule has 124 valence electrons. The predicted octanol–water partition coefficient (Wildman–Crippen LogP) is 2.28. The van der Waals surface area contributed by atoms with E-state index in [-0.39, 0.29) is 18.0 Å². The summed E-state index contributed by atoms with van der Waals surface area (Å²) in [5, 5.41) is 30.8. The van der Waals surface area contributed by atoms with Crippen LogP contribution in [0.5, 0.6) is 5.75 Å². The first-order valence-electron chi connectivity index (χ1n) is 7.35. The highest BCUT2D eigenvalue weighted by Crippen LogP contribution is 2.23. The molecule has 0 spiro atoms. The quantitative estimate of drug-likeness (QED) is 0.663. The maximum atomic E-state index is 12.3. The minimum atomic E-state index is -1.19. The molecule has 3 rings (SSSR count). The second-order valence-corrected chi connectivity index (χ2v) is 6.39. The predicted molar refractivity (Wildman–Crippen MR) is 91.5 cm³/mol. The molecule has 7 heteroatoms. The summed E-state index contributed by atoms with van der Waals surface area (Å²) in [5.41, 5.74) is 0.191. The number of carbonyl (C=O) groups excluding carboxylic acids is 1. The minimum Gasteiger partial charge on any atom is -0.504 e. The zero-order valence-electron chi connectivity index (χ0n) is 13.0. The molecule has 0 saturated heterocycles. The van der Waals surface area contributed by atoms with Gasteiger partial charge in [0.1, 0.15) is 5.60 Å². The number of rotatable bonds is 5. The van der Waals surface area contributed by atoms with Gasteiger partial charge in [0.05, 0.1) is 18.4 Å². The van der Waals surface area contributed by atoms with Gasteiger partial charge in [-0.05, 0) is 41.4 Å². The van der Waals surface area contributed by atoms with Crippen LogP contribution in [0.4, 0.5) is 0 Å². The first-order chi connectivity index (χ1) is 11.5. The van der Waals surface area contributed by atoms with Crippen LogP contribution in [0, 0.1) is 0 Å². The molecule has 3 aromatic rings. The maximum absolute atomic E-state index is 12.3. The number of hydrogen-bond acceptors (Lipinski definition) is 5. The van der Waals surface area contributed by atoms with E-state index < -0.39 is 11.5 Å². The Balaban J connectivity index is 1.73. The number of benzene rings is 1. The van der Waals surface area contributed by atoms with E-state index in [1.54, 1.807) is 13.0 Å². The first-order valence-corrected chi connectivity index (χ1v) is 8.29. The Labute approximate surface area is 143 Å². The fourth-order valence-electron chi connectivity index (χ4n) is 2.25. The lowest BCUT2D eigenvalue weighted by molar-refractivity contribution is 0.0527. The average Bonchev–Trinajstić information content (AvgIpc) is 3.24. The highest BCUT2D eigenvalue weighted by atomic mass is 32.1. The van der Waals surface area contributed by atoms with E-state index in [0.717, 1.165) is 11.3 Å². The molecule has 3 N–H and O–H groups in total. The maximum Gasteiger partial charge on any atom is 0.275 e. The van der Waals surface area contributed by atoms with Crippen molar-refractivity contribution >= 4 is 17.2 Å². The van der Waals surface area contributed by atoms with E-state index in [4.69, 9.17) is 0 Å². The van der Waals surface area contributed by atoms with Gasteiger partial charge < -0.3 is 15.5 Å². The summed E-state index contributed by atoms with van der Waals surface area (Å²) < 4.78 is 1.43. The highest BCUT2D eigenvalue weighted by molar-refractivity contribution is 7.08. The van der Waals surface area contributed by atoms with Crippen molar-refractivity contribution in [1.29, 1.82) is 0 Å². The fraction of sp³-hybridized carbons (Fsp3) is 0.176. The number of nitrogens with one attached hydrogen (secondary N) is 1. The van der Waals surface area contributed by atoms with Gasteiger partial charge in [0.15, 0.2) is 11.4 Å². The van der Waals surface area contributed by atoms with Gasteiger partial charge >= 0.3 is 0 Å². The summed E-state index contributed by atoms with van der Waals surface area (Å²) in [5.74, 6) is -0.760. The third-order valence-corrected chi connectivity index (χ3v) is 4.35. The highest BCUT2D eigenvalue weighted by Gasteiger charge is 2.26. The summed E-state index contributed by atoms with van der Waals surface area (Å²) in [7, 11) is 0. The van der Waals surface area contributed by atoms with Crippen LogP contribution >= 0.6 is 11.3 Å². The van der Waals surface area contributed by atoms with Crippen molar-refractivity contribution in [3.05, 3.63) is 64.6 Å². The molecule has 0 fully saturated rings. The number of para-hydroxylation sites is 1. The van der Waals surface area contributed by atoms with Crippen molar-refractivity contribution < 1.29 is 15.0 Å². The molecular weight excluding hydrogens is 326 g/mol.